The number of anilines is 1. The highest BCUT2D eigenvalue weighted by Gasteiger charge is 2.36. The number of rotatable bonds is 6. The van der Waals surface area contributed by atoms with Crippen molar-refractivity contribution in [2.75, 3.05) is 18.2 Å². The van der Waals surface area contributed by atoms with Crippen LogP contribution in [0.2, 0.25) is 0 Å². The Hall–Kier alpha value is -3.46. The Labute approximate surface area is 178 Å². The van der Waals surface area contributed by atoms with Crippen molar-refractivity contribution >= 4 is 23.3 Å². The SMILES string of the molecule is CCc1ccc(N2C[C@H](C(=O)OCc3cc([N+](=O)[O-])cc4c3OCOC4)CC2=O)cc1. The normalized spacial score (nSPS) is 17.8. The number of fused-ring (bicyclic) bond motifs is 1. The summed E-state index contributed by atoms with van der Waals surface area (Å²) in [7, 11) is 0. The van der Waals surface area contributed by atoms with E-state index in [1.807, 2.05) is 24.3 Å². The molecule has 0 saturated carbocycles. The minimum atomic E-state index is -0.600. The Bertz CT molecular complexity index is 1020. The van der Waals surface area contributed by atoms with E-state index in [1.54, 1.807) is 4.90 Å². The molecule has 0 unspecified atom stereocenters. The van der Waals surface area contributed by atoms with E-state index in [0.717, 1.165) is 12.1 Å². The molecule has 2 aliphatic rings. The first-order chi connectivity index (χ1) is 15.0. The van der Waals surface area contributed by atoms with Gasteiger partial charge in [0, 0.05) is 41.9 Å². The molecule has 2 heterocycles. The van der Waals surface area contributed by atoms with Crippen LogP contribution in [-0.2, 0) is 38.7 Å². The molecule has 0 bridgehead atoms. The summed E-state index contributed by atoms with van der Waals surface area (Å²) < 4.78 is 16.1. The lowest BCUT2D eigenvalue weighted by atomic mass is 10.1. The predicted molar refractivity (Wildman–Crippen MR) is 109 cm³/mol. The highest BCUT2D eigenvalue weighted by Crippen LogP contribution is 2.33. The summed E-state index contributed by atoms with van der Waals surface area (Å²) in [5.74, 6) is -0.824. The van der Waals surface area contributed by atoms with Crippen molar-refractivity contribution in [1.29, 1.82) is 0 Å². The lowest BCUT2D eigenvalue weighted by Gasteiger charge is -2.21. The lowest BCUT2D eigenvalue weighted by molar-refractivity contribution is -0.385. The van der Waals surface area contributed by atoms with Gasteiger partial charge < -0.3 is 19.1 Å². The number of nitro benzene ring substituents is 1. The van der Waals surface area contributed by atoms with E-state index < -0.39 is 16.8 Å². The van der Waals surface area contributed by atoms with Crippen molar-refractivity contribution in [3.8, 4) is 5.75 Å². The van der Waals surface area contributed by atoms with Crippen LogP contribution in [0.3, 0.4) is 0 Å². The van der Waals surface area contributed by atoms with Gasteiger partial charge >= 0.3 is 5.97 Å². The third-order valence-corrected chi connectivity index (χ3v) is 5.47. The van der Waals surface area contributed by atoms with Crippen LogP contribution in [0.1, 0.15) is 30.0 Å². The van der Waals surface area contributed by atoms with Gasteiger partial charge in [0.25, 0.3) is 5.69 Å². The van der Waals surface area contributed by atoms with Gasteiger partial charge in [0.1, 0.15) is 12.4 Å². The van der Waals surface area contributed by atoms with E-state index in [2.05, 4.69) is 6.92 Å². The summed E-state index contributed by atoms with van der Waals surface area (Å²) in [6.45, 7) is 2.31. The number of hydrogen-bond donors (Lipinski definition) is 0. The fraction of sp³-hybridized carbons (Fsp3) is 0.364. The molecule has 162 valence electrons. The number of carbonyl (C=O) groups is 2. The maximum Gasteiger partial charge on any atom is 0.311 e. The second kappa shape index (κ2) is 8.73. The van der Waals surface area contributed by atoms with Crippen molar-refractivity contribution in [1.82, 2.24) is 0 Å². The summed E-state index contributed by atoms with van der Waals surface area (Å²) >= 11 is 0. The number of ether oxygens (including phenoxy) is 3. The Kier molecular flexibility index (Phi) is 5.85. The number of benzene rings is 2. The smallest absolute Gasteiger partial charge is 0.311 e. The zero-order chi connectivity index (χ0) is 22.0. The average Bonchev–Trinajstić information content (AvgIpc) is 3.18. The Morgan fingerprint density at radius 2 is 2.06 bits per heavy atom. The van der Waals surface area contributed by atoms with Gasteiger partial charge in [-0.15, -0.1) is 0 Å². The van der Waals surface area contributed by atoms with Gasteiger partial charge in [0.15, 0.2) is 6.79 Å². The van der Waals surface area contributed by atoms with Crippen LogP contribution in [0.5, 0.6) is 5.75 Å². The molecule has 2 aromatic carbocycles. The van der Waals surface area contributed by atoms with E-state index in [1.165, 1.54) is 17.7 Å². The molecule has 0 spiro atoms. The number of esters is 1. The summed E-state index contributed by atoms with van der Waals surface area (Å²) in [6.07, 6.45) is 0.964. The van der Waals surface area contributed by atoms with Crippen LogP contribution in [-0.4, -0.2) is 30.1 Å². The fourth-order valence-electron chi connectivity index (χ4n) is 3.79. The number of non-ortho nitro benzene ring substituents is 1. The molecule has 2 aromatic rings. The Morgan fingerprint density at radius 3 is 2.77 bits per heavy atom. The van der Waals surface area contributed by atoms with E-state index >= 15 is 0 Å². The zero-order valence-corrected chi connectivity index (χ0v) is 17.0. The van der Waals surface area contributed by atoms with Gasteiger partial charge in [-0.2, -0.15) is 0 Å². The molecule has 1 atom stereocenters. The fourth-order valence-corrected chi connectivity index (χ4v) is 3.79. The van der Waals surface area contributed by atoms with Crippen LogP contribution in [0.25, 0.3) is 0 Å². The summed E-state index contributed by atoms with van der Waals surface area (Å²) in [4.78, 5) is 37.3. The minimum Gasteiger partial charge on any atom is -0.467 e. The van der Waals surface area contributed by atoms with E-state index in [4.69, 9.17) is 14.2 Å². The number of nitrogens with zero attached hydrogens (tertiary/aromatic N) is 2. The van der Waals surface area contributed by atoms with Crippen LogP contribution >= 0.6 is 0 Å². The van der Waals surface area contributed by atoms with Crippen molar-refractivity contribution in [3.05, 3.63) is 63.2 Å². The molecule has 4 rings (SSSR count). The number of carbonyl (C=O) groups excluding carboxylic acids is 2. The van der Waals surface area contributed by atoms with Gasteiger partial charge in [-0.05, 0) is 24.1 Å². The van der Waals surface area contributed by atoms with Crippen LogP contribution in [0.4, 0.5) is 11.4 Å². The molecule has 31 heavy (non-hydrogen) atoms. The molecule has 0 radical (unpaired) electrons. The Morgan fingerprint density at radius 1 is 1.29 bits per heavy atom. The molecule has 1 fully saturated rings. The molecule has 1 saturated heterocycles. The minimum absolute atomic E-state index is 0.0225. The van der Waals surface area contributed by atoms with E-state index in [-0.39, 0.29) is 44.6 Å². The van der Waals surface area contributed by atoms with Gasteiger partial charge in [0.2, 0.25) is 5.91 Å². The standard InChI is InChI=1S/C22H22N2O7/c1-2-14-3-5-18(6-4-14)23-10-15(9-20(23)25)22(26)30-12-17-8-19(24(27)28)7-16-11-29-13-31-21(16)17/h3-8,15H,2,9-13H2,1H3/t15-/m1/s1. The van der Waals surface area contributed by atoms with Crippen LogP contribution < -0.4 is 9.64 Å². The largest absolute Gasteiger partial charge is 0.467 e. The van der Waals surface area contributed by atoms with Gasteiger partial charge in [-0.3, -0.25) is 19.7 Å². The topological polar surface area (TPSA) is 108 Å². The maximum atomic E-state index is 12.6. The monoisotopic (exact) mass is 426 g/mol. The van der Waals surface area contributed by atoms with Crippen molar-refractivity contribution in [3.63, 3.8) is 0 Å². The molecule has 9 heteroatoms. The van der Waals surface area contributed by atoms with Gasteiger partial charge in [0.05, 0.1) is 17.4 Å². The van der Waals surface area contributed by atoms with Gasteiger partial charge in [-0.25, -0.2) is 0 Å². The number of nitro groups is 1. The van der Waals surface area contributed by atoms with Crippen molar-refractivity contribution in [2.45, 2.75) is 33.0 Å². The number of hydrogen-bond acceptors (Lipinski definition) is 7. The Balaban J connectivity index is 1.44. The third-order valence-electron chi connectivity index (χ3n) is 5.47. The van der Waals surface area contributed by atoms with Crippen molar-refractivity contribution in [2.24, 2.45) is 5.92 Å². The third kappa shape index (κ3) is 4.36. The second-order valence-corrected chi connectivity index (χ2v) is 7.49. The van der Waals surface area contributed by atoms with E-state index in [0.29, 0.717) is 16.9 Å². The first kappa shape index (κ1) is 20.8. The second-order valence-electron chi connectivity index (χ2n) is 7.49. The number of amides is 1. The van der Waals surface area contributed by atoms with E-state index in [9.17, 15) is 19.7 Å². The van der Waals surface area contributed by atoms with Gasteiger partial charge in [-0.1, -0.05) is 19.1 Å². The van der Waals surface area contributed by atoms with Crippen LogP contribution in [0, 0.1) is 16.0 Å². The average molecular weight is 426 g/mol. The highest BCUT2D eigenvalue weighted by molar-refractivity contribution is 5.99. The molecule has 0 aromatic heterocycles. The highest BCUT2D eigenvalue weighted by atomic mass is 16.7. The predicted octanol–water partition coefficient (Wildman–Crippen LogP) is 3.12. The molecule has 9 nitrogen and oxygen atoms in total. The first-order valence-corrected chi connectivity index (χ1v) is 10.0. The van der Waals surface area contributed by atoms with Crippen LogP contribution in [0.15, 0.2) is 36.4 Å². The molecular weight excluding hydrogens is 404 g/mol. The maximum absolute atomic E-state index is 12.6. The summed E-state index contributed by atoms with van der Waals surface area (Å²) in [5, 5.41) is 11.2. The summed E-state index contributed by atoms with van der Waals surface area (Å²) in [5.41, 5.74) is 2.72. The molecule has 1 amide bonds. The molecule has 2 aliphatic heterocycles. The lowest BCUT2D eigenvalue weighted by Crippen LogP contribution is -2.26. The quantitative estimate of drug-likeness (QED) is 0.397. The zero-order valence-electron chi connectivity index (χ0n) is 17.0. The number of aryl methyl sites for hydroxylation is 1. The van der Waals surface area contributed by atoms with Crippen molar-refractivity contribution < 1.29 is 28.7 Å². The first-order valence-electron chi connectivity index (χ1n) is 10.0. The molecule has 0 aliphatic carbocycles. The summed E-state index contributed by atoms with van der Waals surface area (Å²) in [6, 6.07) is 10.4. The molecule has 0 N–H and O–H groups in total. The molecular formula is C22H22N2O7.